The number of anilines is 1. The first-order valence-electron chi connectivity index (χ1n) is 7.33. The van der Waals surface area contributed by atoms with Crippen molar-refractivity contribution in [1.82, 2.24) is 20.0 Å². The normalized spacial score (nSPS) is 11.8. The number of aromatic nitrogens is 4. The fourth-order valence-electron chi connectivity index (χ4n) is 2.07. The van der Waals surface area contributed by atoms with Gasteiger partial charge in [-0.15, -0.1) is 10.2 Å². The summed E-state index contributed by atoms with van der Waals surface area (Å²) in [4.78, 5) is 0.0108. The molecule has 0 saturated carbocycles. The number of nitrogens with two attached hydrogens (primary N) is 2. The molecular weight excluding hydrogens is 364 g/mol. The van der Waals surface area contributed by atoms with Gasteiger partial charge in [0.25, 0.3) is 11.1 Å². The van der Waals surface area contributed by atoms with E-state index < -0.39 is 10.0 Å². The number of thioether (sulfide) groups is 1. The summed E-state index contributed by atoms with van der Waals surface area (Å²) in [5.74, 6) is 1.47. The standard InChI is InChI=1S/C14H16N6O3S2/c1-2-7-24-14-19-18-13(23-14)11-8-17-20(12(11)15)9-3-5-10(6-4-9)25(16,21)22/h3-6,8H,2,7,15H2,1H3,(H2,16,21,22). The Balaban J connectivity index is 1.89. The first kappa shape index (κ1) is 17.5. The highest BCUT2D eigenvalue weighted by molar-refractivity contribution is 7.99. The maximum Gasteiger partial charge on any atom is 0.276 e. The van der Waals surface area contributed by atoms with E-state index >= 15 is 0 Å². The molecule has 11 heteroatoms. The number of nitrogen functional groups attached to an aromatic ring is 1. The largest absolute Gasteiger partial charge is 0.411 e. The lowest BCUT2D eigenvalue weighted by atomic mass is 10.3. The molecule has 1 aromatic carbocycles. The summed E-state index contributed by atoms with van der Waals surface area (Å²) in [6, 6.07) is 5.89. The van der Waals surface area contributed by atoms with Crippen LogP contribution in [-0.4, -0.2) is 34.1 Å². The SMILES string of the molecule is CCCSc1nnc(-c2cnn(-c3ccc(S(N)(=O)=O)cc3)c2N)o1. The van der Waals surface area contributed by atoms with Crippen LogP contribution < -0.4 is 10.9 Å². The van der Waals surface area contributed by atoms with Gasteiger partial charge in [-0.3, -0.25) is 0 Å². The van der Waals surface area contributed by atoms with Crippen LogP contribution in [0.1, 0.15) is 13.3 Å². The smallest absolute Gasteiger partial charge is 0.276 e. The second kappa shape index (κ2) is 6.86. The van der Waals surface area contributed by atoms with Gasteiger partial charge in [-0.25, -0.2) is 18.2 Å². The van der Waals surface area contributed by atoms with Crippen molar-refractivity contribution >= 4 is 27.6 Å². The minimum Gasteiger partial charge on any atom is -0.411 e. The first-order chi connectivity index (χ1) is 11.9. The number of sulfonamides is 1. The molecule has 0 aliphatic carbocycles. The highest BCUT2D eigenvalue weighted by Crippen LogP contribution is 2.29. The van der Waals surface area contributed by atoms with Crippen molar-refractivity contribution < 1.29 is 12.8 Å². The molecule has 0 fully saturated rings. The fourth-order valence-corrected chi connectivity index (χ4v) is 3.20. The summed E-state index contributed by atoms with van der Waals surface area (Å²) in [6.07, 6.45) is 2.52. The second-order valence-corrected chi connectivity index (χ2v) is 7.72. The summed E-state index contributed by atoms with van der Waals surface area (Å²) in [6.45, 7) is 2.06. The molecule has 0 spiro atoms. The van der Waals surface area contributed by atoms with Crippen LogP contribution in [0, 0.1) is 0 Å². The minimum absolute atomic E-state index is 0.0108. The van der Waals surface area contributed by atoms with Crippen molar-refractivity contribution in [2.24, 2.45) is 5.14 Å². The van der Waals surface area contributed by atoms with E-state index in [0.717, 1.165) is 12.2 Å². The number of primary sulfonamides is 1. The molecule has 0 saturated heterocycles. The molecule has 25 heavy (non-hydrogen) atoms. The Bertz CT molecular complexity index is 978. The van der Waals surface area contributed by atoms with E-state index in [-0.39, 0.29) is 10.8 Å². The predicted molar refractivity (Wildman–Crippen MR) is 93.7 cm³/mol. The van der Waals surface area contributed by atoms with Crippen molar-refractivity contribution in [2.45, 2.75) is 23.5 Å². The van der Waals surface area contributed by atoms with Gasteiger partial charge in [0.1, 0.15) is 11.4 Å². The molecule has 2 aromatic heterocycles. The van der Waals surface area contributed by atoms with E-state index in [1.54, 1.807) is 12.1 Å². The monoisotopic (exact) mass is 380 g/mol. The predicted octanol–water partition coefficient (Wildman–Crippen LogP) is 1.65. The van der Waals surface area contributed by atoms with Crippen molar-refractivity contribution in [3.63, 3.8) is 0 Å². The van der Waals surface area contributed by atoms with Gasteiger partial charge < -0.3 is 10.2 Å². The third-order valence-corrected chi connectivity index (χ3v) is 5.24. The van der Waals surface area contributed by atoms with Gasteiger partial charge in [0.05, 0.1) is 16.8 Å². The topological polar surface area (TPSA) is 143 Å². The zero-order chi connectivity index (χ0) is 18.0. The first-order valence-corrected chi connectivity index (χ1v) is 9.86. The molecule has 2 heterocycles. The van der Waals surface area contributed by atoms with Crippen LogP contribution in [-0.2, 0) is 10.0 Å². The highest BCUT2D eigenvalue weighted by Gasteiger charge is 2.17. The molecule has 0 aliphatic rings. The third kappa shape index (κ3) is 3.67. The van der Waals surface area contributed by atoms with Gasteiger partial charge in [0.15, 0.2) is 0 Å². The molecule has 4 N–H and O–H groups in total. The third-order valence-electron chi connectivity index (χ3n) is 3.28. The van der Waals surface area contributed by atoms with Crippen molar-refractivity contribution in [2.75, 3.05) is 11.5 Å². The van der Waals surface area contributed by atoms with E-state index in [0.29, 0.717) is 22.3 Å². The molecule has 132 valence electrons. The Morgan fingerprint density at radius 3 is 2.60 bits per heavy atom. The van der Waals surface area contributed by atoms with Crippen molar-refractivity contribution in [3.8, 4) is 17.1 Å². The van der Waals surface area contributed by atoms with E-state index in [1.165, 1.54) is 34.8 Å². The molecule has 3 rings (SSSR count). The Labute approximate surface area is 148 Å². The van der Waals surface area contributed by atoms with Crippen LogP contribution >= 0.6 is 11.8 Å². The van der Waals surface area contributed by atoms with Crippen LogP contribution in [0.5, 0.6) is 0 Å². The Morgan fingerprint density at radius 1 is 1.24 bits per heavy atom. The van der Waals surface area contributed by atoms with Gasteiger partial charge in [-0.1, -0.05) is 18.7 Å². The average molecular weight is 380 g/mol. The van der Waals surface area contributed by atoms with Crippen LogP contribution in [0.15, 0.2) is 45.0 Å². The van der Waals surface area contributed by atoms with Crippen molar-refractivity contribution in [3.05, 3.63) is 30.5 Å². The molecule has 0 atom stereocenters. The summed E-state index contributed by atoms with van der Waals surface area (Å²) >= 11 is 1.47. The summed E-state index contributed by atoms with van der Waals surface area (Å²) in [7, 11) is -3.75. The van der Waals surface area contributed by atoms with Gasteiger partial charge in [-0.05, 0) is 30.7 Å². The highest BCUT2D eigenvalue weighted by atomic mass is 32.2. The minimum atomic E-state index is -3.75. The Hall–Kier alpha value is -2.37. The zero-order valence-electron chi connectivity index (χ0n) is 13.3. The summed E-state index contributed by atoms with van der Waals surface area (Å²) in [5.41, 5.74) is 7.21. The molecular formula is C14H16N6O3S2. The lowest BCUT2D eigenvalue weighted by Crippen LogP contribution is -2.12. The number of hydrogen-bond acceptors (Lipinski definition) is 8. The molecule has 0 unspecified atom stereocenters. The van der Waals surface area contributed by atoms with Gasteiger partial charge in [0.2, 0.25) is 10.0 Å². The fraction of sp³-hybridized carbons (Fsp3) is 0.214. The molecule has 0 amide bonds. The molecule has 0 bridgehead atoms. The van der Waals surface area contributed by atoms with Crippen LogP contribution in [0.4, 0.5) is 5.82 Å². The summed E-state index contributed by atoms with van der Waals surface area (Å²) in [5, 5.41) is 17.7. The average Bonchev–Trinajstić information content (AvgIpc) is 3.18. The van der Waals surface area contributed by atoms with Gasteiger partial charge in [0, 0.05) is 5.75 Å². The molecule has 9 nitrogen and oxygen atoms in total. The van der Waals surface area contributed by atoms with Gasteiger partial charge in [-0.2, -0.15) is 5.10 Å². The van der Waals surface area contributed by atoms with E-state index in [2.05, 4.69) is 22.2 Å². The van der Waals surface area contributed by atoms with Gasteiger partial charge >= 0.3 is 0 Å². The maximum absolute atomic E-state index is 11.3. The van der Waals surface area contributed by atoms with E-state index in [1.807, 2.05) is 0 Å². The van der Waals surface area contributed by atoms with Crippen LogP contribution in [0.3, 0.4) is 0 Å². The molecule has 0 radical (unpaired) electrons. The number of rotatable bonds is 6. The number of nitrogens with zero attached hydrogens (tertiary/aromatic N) is 4. The second-order valence-electron chi connectivity index (χ2n) is 5.12. The maximum atomic E-state index is 11.3. The molecule has 3 aromatic rings. The quantitative estimate of drug-likeness (QED) is 0.614. The lowest BCUT2D eigenvalue weighted by molar-refractivity contribution is 0.466. The Morgan fingerprint density at radius 2 is 1.96 bits per heavy atom. The summed E-state index contributed by atoms with van der Waals surface area (Å²) < 4.78 is 29.7. The zero-order valence-corrected chi connectivity index (χ0v) is 14.9. The molecule has 0 aliphatic heterocycles. The van der Waals surface area contributed by atoms with E-state index in [9.17, 15) is 8.42 Å². The Kier molecular flexibility index (Phi) is 4.79. The van der Waals surface area contributed by atoms with Crippen LogP contribution in [0.2, 0.25) is 0 Å². The number of hydrogen-bond donors (Lipinski definition) is 2. The van der Waals surface area contributed by atoms with E-state index in [4.69, 9.17) is 15.3 Å². The lowest BCUT2D eigenvalue weighted by Gasteiger charge is -2.05. The number of benzene rings is 1. The van der Waals surface area contributed by atoms with Crippen LogP contribution in [0.25, 0.3) is 17.1 Å². The van der Waals surface area contributed by atoms with Crippen molar-refractivity contribution in [1.29, 1.82) is 0 Å².